The quantitative estimate of drug-likeness (QED) is 0.375. The Balaban J connectivity index is 1.99. The molecule has 6 heteroatoms. The zero-order chi connectivity index (χ0) is 13.7. The Morgan fingerprint density at radius 3 is 2.58 bits per heavy atom. The number of nitrogens with one attached hydrogen (secondary N) is 2. The molecule has 1 aliphatic carbocycles. The Kier molecular flexibility index (Phi) is 4.55. The lowest BCUT2D eigenvalue weighted by Crippen LogP contribution is -2.36. The highest BCUT2D eigenvalue weighted by atomic mass is 16.3. The monoisotopic (exact) mass is 265 g/mol. The zero-order valence-corrected chi connectivity index (χ0v) is 11.4. The van der Waals surface area contributed by atoms with Crippen molar-refractivity contribution >= 4 is 11.8 Å². The van der Waals surface area contributed by atoms with Crippen molar-refractivity contribution in [1.82, 2.24) is 9.97 Å². The predicted molar refractivity (Wildman–Crippen MR) is 75.7 cm³/mol. The van der Waals surface area contributed by atoms with Gasteiger partial charge >= 0.3 is 0 Å². The van der Waals surface area contributed by atoms with Crippen LogP contribution in [0.4, 0.5) is 11.8 Å². The van der Waals surface area contributed by atoms with Crippen molar-refractivity contribution in [3.8, 4) is 0 Å². The number of aryl methyl sites for hydroxylation is 1. The van der Waals surface area contributed by atoms with E-state index in [1.54, 1.807) is 0 Å². The number of hydrogen-bond donors (Lipinski definition) is 4. The molecule has 1 fully saturated rings. The van der Waals surface area contributed by atoms with E-state index in [9.17, 15) is 5.11 Å². The fourth-order valence-electron chi connectivity index (χ4n) is 2.54. The summed E-state index contributed by atoms with van der Waals surface area (Å²) in [5.74, 6) is 6.40. The van der Waals surface area contributed by atoms with Crippen LogP contribution in [0.15, 0.2) is 6.07 Å². The highest BCUT2D eigenvalue weighted by Crippen LogP contribution is 2.27. The molecule has 0 spiro atoms. The van der Waals surface area contributed by atoms with Gasteiger partial charge in [0.2, 0.25) is 5.95 Å². The van der Waals surface area contributed by atoms with Crippen LogP contribution < -0.4 is 16.6 Å². The second-order valence-electron chi connectivity index (χ2n) is 5.35. The molecular formula is C13H23N5O. The molecular weight excluding hydrogens is 242 g/mol. The van der Waals surface area contributed by atoms with Gasteiger partial charge in [0.1, 0.15) is 5.82 Å². The molecule has 2 rings (SSSR count). The summed E-state index contributed by atoms with van der Waals surface area (Å²) in [6.45, 7) is 2.40. The third-order valence-corrected chi connectivity index (χ3v) is 3.62. The van der Waals surface area contributed by atoms with Gasteiger partial charge in [-0.2, -0.15) is 4.98 Å². The lowest BCUT2D eigenvalue weighted by Gasteiger charge is -2.27. The summed E-state index contributed by atoms with van der Waals surface area (Å²) in [7, 11) is 0. The molecule has 0 amide bonds. The Morgan fingerprint density at radius 2 is 1.95 bits per heavy atom. The molecule has 0 bridgehead atoms. The van der Waals surface area contributed by atoms with Crippen LogP contribution in [0.5, 0.6) is 0 Å². The highest BCUT2D eigenvalue weighted by molar-refractivity contribution is 5.41. The summed E-state index contributed by atoms with van der Waals surface area (Å²) < 4.78 is 0. The van der Waals surface area contributed by atoms with Crippen LogP contribution in [0.25, 0.3) is 0 Å². The third-order valence-electron chi connectivity index (χ3n) is 3.62. The number of nitrogens with zero attached hydrogens (tertiary/aromatic N) is 2. The number of aromatic nitrogens is 2. The van der Waals surface area contributed by atoms with Crippen LogP contribution in [0.2, 0.25) is 0 Å². The number of hydrogen-bond acceptors (Lipinski definition) is 6. The van der Waals surface area contributed by atoms with Gasteiger partial charge in [-0.25, -0.2) is 10.8 Å². The van der Waals surface area contributed by atoms with E-state index in [1.165, 1.54) is 12.8 Å². The molecule has 0 aromatic carbocycles. The van der Waals surface area contributed by atoms with E-state index in [-0.39, 0.29) is 0 Å². The SMILES string of the molecule is Cc1cc(NCC2(O)CCCCCC2)nc(NN)n1. The van der Waals surface area contributed by atoms with Crippen LogP contribution in [0.1, 0.15) is 44.2 Å². The summed E-state index contributed by atoms with van der Waals surface area (Å²) in [5.41, 5.74) is 2.65. The zero-order valence-electron chi connectivity index (χ0n) is 11.4. The van der Waals surface area contributed by atoms with E-state index in [0.29, 0.717) is 18.3 Å². The van der Waals surface area contributed by atoms with Gasteiger partial charge in [-0.1, -0.05) is 25.7 Å². The van der Waals surface area contributed by atoms with Gasteiger partial charge in [-0.3, -0.25) is 5.43 Å². The van der Waals surface area contributed by atoms with Crippen LogP contribution in [-0.2, 0) is 0 Å². The normalized spacial score (nSPS) is 18.7. The summed E-state index contributed by atoms with van der Waals surface area (Å²) in [4.78, 5) is 8.35. The minimum atomic E-state index is -0.619. The number of rotatable bonds is 4. The van der Waals surface area contributed by atoms with Crippen molar-refractivity contribution in [1.29, 1.82) is 0 Å². The molecule has 0 atom stereocenters. The third kappa shape index (κ3) is 4.04. The van der Waals surface area contributed by atoms with Gasteiger partial charge in [-0.05, 0) is 19.8 Å². The number of anilines is 2. The molecule has 0 saturated heterocycles. The van der Waals surface area contributed by atoms with Crippen molar-refractivity contribution < 1.29 is 5.11 Å². The molecule has 5 N–H and O–H groups in total. The maximum absolute atomic E-state index is 10.6. The molecule has 1 aliphatic rings. The van der Waals surface area contributed by atoms with E-state index in [4.69, 9.17) is 5.84 Å². The van der Waals surface area contributed by atoms with Crippen molar-refractivity contribution in [3.63, 3.8) is 0 Å². The van der Waals surface area contributed by atoms with Crippen molar-refractivity contribution in [2.24, 2.45) is 5.84 Å². The minimum absolute atomic E-state index is 0.385. The Hall–Kier alpha value is -1.40. The maximum atomic E-state index is 10.6. The van der Waals surface area contributed by atoms with Crippen LogP contribution in [-0.4, -0.2) is 27.2 Å². The lowest BCUT2D eigenvalue weighted by atomic mass is 9.94. The molecule has 0 radical (unpaired) electrons. The van der Waals surface area contributed by atoms with E-state index in [0.717, 1.165) is 31.4 Å². The van der Waals surface area contributed by atoms with E-state index >= 15 is 0 Å². The Bertz CT molecular complexity index is 415. The average molecular weight is 265 g/mol. The average Bonchev–Trinajstić information content (AvgIpc) is 2.61. The van der Waals surface area contributed by atoms with Gasteiger partial charge in [0.25, 0.3) is 0 Å². The van der Waals surface area contributed by atoms with Gasteiger partial charge < -0.3 is 10.4 Å². The maximum Gasteiger partial charge on any atom is 0.239 e. The van der Waals surface area contributed by atoms with E-state index in [2.05, 4.69) is 20.7 Å². The van der Waals surface area contributed by atoms with Crippen LogP contribution >= 0.6 is 0 Å². The molecule has 1 heterocycles. The first-order chi connectivity index (χ1) is 9.11. The van der Waals surface area contributed by atoms with Gasteiger partial charge in [0.05, 0.1) is 5.60 Å². The van der Waals surface area contributed by atoms with Gasteiger partial charge in [0.15, 0.2) is 0 Å². The van der Waals surface area contributed by atoms with E-state index < -0.39 is 5.60 Å². The fourth-order valence-corrected chi connectivity index (χ4v) is 2.54. The summed E-state index contributed by atoms with van der Waals surface area (Å²) in [5, 5.41) is 13.8. The first-order valence-electron chi connectivity index (χ1n) is 6.90. The van der Waals surface area contributed by atoms with Crippen molar-refractivity contribution in [3.05, 3.63) is 11.8 Å². The molecule has 1 aromatic rings. The second kappa shape index (κ2) is 6.16. The summed E-state index contributed by atoms with van der Waals surface area (Å²) in [6.07, 6.45) is 6.33. The van der Waals surface area contributed by atoms with Gasteiger partial charge in [0, 0.05) is 18.3 Å². The van der Waals surface area contributed by atoms with Crippen LogP contribution in [0, 0.1) is 6.92 Å². The topological polar surface area (TPSA) is 96.1 Å². The van der Waals surface area contributed by atoms with Gasteiger partial charge in [-0.15, -0.1) is 0 Å². The first kappa shape index (κ1) is 14.0. The lowest BCUT2D eigenvalue weighted by molar-refractivity contribution is 0.0380. The number of hydrazine groups is 1. The number of aliphatic hydroxyl groups is 1. The molecule has 19 heavy (non-hydrogen) atoms. The molecule has 1 saturated carbocycles. The largest absolute Gasteiger partial charge is 0.388 e. The van der Waals surface area contributed by atoms with Crippen LogP contribution in [0.3, 0.4) is 0 Å². The minimum Gasteiger partial charge on any atom is -0.388 e. The van der Waals surface area contributed by atoms with E-state index in [1.807, 2.05) is 13.0 Å². The van der Waals surface area contributed by atoms with Crippen molar-refractivity contribution in [2.45, 2.75) is 51.0 Å². The summed E-state index contributed by atoms with van der Waals surface area (Å²) in [6, 6.07) is 1.85. The molecule has 1 aromatic heterocycles. The molecule has 106 valence electrons. The fraction of sp³-hybridized carbons (Fsp3) is 0.692. The first-order valence-corrected chi connectivity index (χ1v) is 6.90. The number of nitrogen functional groups attached to an aromatic ring is 1. The summed E-state index contributed by atoms with van der Waals surface area (Å²) >= 11 is 0. The smallest absolute Gasteiger partial charge is 0.239 e. The molecule has 0 aliphatic heterocycles. The molecule has 0 unspecified atom stereocenters. The molecule has 6 nitrogen and oxygen atoms in total. The van der Waals surface area contributed by atoms with Crippen molar-refractivity contribution in [2.75, 3.05) is 17.3 Å². The number of nitrogens with two attached hydrogens (primary N) is 1. The standard InChI is InChI=1S/C13H23N5O/c1-10-8-11(17-12(16-10)18-14)15-9-13(19)6-4-2-3-5-7-13/h8,19H,2-7,9,14H2,1H3,(H2,15,16,17,18). The highest BCUT2D eigenvalue weighted by Gasteiger charge is 2.27. The Morgan fingerprint density at radius 1 is 1.26 bits per heavy atom. The Labute approximate surface area is 113 Å². The predicted octanol–water partition coefficient (Wildman–Crippen LogP) is 1.57. The second-order valence-corrected chi connectivity index (χ2v) is 5.35.